The molecule has 2 heterocycles. The molecular formula is C14H20ClN3S. The van der Waals surface area contributed by atoms with E-state index >= 15 is 0 Å². The van der Waals surface area contributed by atoms with Gasteiger partial charge in [0.05, 0.1) is 10.7 Å². The second kappa shape index (κ2) is 6.07. The molecule has 1 N–H and O–H groups in total. The van der Waals surface area contributed by atoms with Gasteiger partial charge in [0.15, 0.2) is 0 Å². The van der Waals surface area contributed by atoms with Gasteiger partial charge in [0.1, 0.15) is 0 Å². The third kappa shape index (κ3) is 3.02. The quantitative estimate of drug-likeness (QED) is 0.911. The van der Waals surface area contributed by atoms with Crippen molar-refractivity contribution in [2.75, 3.05) is 7.05 Å². The second-order valence-corrected chi connectivity index (χ2v) is 6.02. The minimum absolute atomic E-state index is 0.243. The lowest BCUT2D eigenvalue weighted by Crippen LogP contribution is -2.20. The normalized spacial score (nSPS) is 12.9. The minimum Gasteiger partial charge on any atom is -0.312 e. The average molecular weight is 298 g/mol. The number of hydrogen-bond donors (Lipinski definition) is 1. The zero-order chi connectivity index (χ0) is 14.0. The third-order valence-corrected chi connectivity index (χ3v) is 5.12. The van der Waals surface area contributed by atoms with Crippen molar-refractivity contribution in [1.29, 1.82) is 0 Å². The first-order valence-electron chi connectivity index (χ1n) is 6.50. The molecule has 0 saturated carbocycles. The summed E-state index contributed by atoms with van der Waals surface area (Å²) in [7, 11) is 1.98. The summed E-state index contributed by atoms with van der Waals surface area (Å²) < 4.78 is 2.06. The van der Waals surface area contributed by atoms with Gasteiger partial charge in [-0.1, -0.05) is 11.6 Å². The van der Waals surface area contributed by atoms with E-state index in [1.165, 1.54) is 10.6 Å². The lowest BCUT2D eigenvalue weighted by atomic mass is 10.1. The highest BCUT2D eigenvalue weighted by Gasteiger charge is 2.19. The maximum Gasteiger partial charge on any atom is 0.0596 e. The van der Waals surface area contributed by atoms with E-state index in [1.807, 2.05) is 14.0 Å². The molecule has 0 aliphatic rings. The first-order chi connectivity index (χ1) is 9.06. The predicted octanol–water partition coefficient (Wildman–Crippen LogP) is 3.74. The molecule has 104 valence electrons. The van der Waals surface area contributed by atoms with Gasteiger partial charge in [-0.25, -0.2) is 0 Å². The van der Waals surface area contributed by atoms with Crippen molar-refractivity contribution in [1.82, 2.24) is 15.1 Å². The van der Waals surface area contributed by atoms with Crippen molar-refractivity contribution in [3.63, 3.8) is 0 Å². The van der Waals surface area contributed by atoms with Crippen LogP contribution >= 0.6 is 22.9 Å². The van der Waals surface area contributed by atoms with E-state index in [9.17, 15) is 0 Å². The van der Waals surface area contributed by atoms with Crippen molar-refractivity contribution in [3.05, 3.63) is 38.3 Å². The zero-order valence-electron chi connectivity index (χ0n) is 11.8. The minimum atomic E-state index is 0.243. The van der Waals surface area contributed by atoms with Crippen molar-refractivity contribution in [3.8, 4) is 0 Å². The van der Waals surface area contributed by atoms with Crippen molar-refractivity contribution in [2.45, 2.75) is 39.8 Å². The molecule has 0 radical (unpaired) electrons. The van der Waals surface area contributed by atoms with Crippen LogP contribution in [0.4, 0.5) is 0 Å². The number of likely N-dealkylation sites (N-methyl/N-ethyl adjacent to an activating group) is 1. The molecule has 0 aliphatic carbocycles. The number of halogens is 1. The molecule has 2 aromatic rings. The fourth-order valence-electron chi connectivity index (χ4n) is 2.26. The third-order valence-electron chi connectivity index (χ3n) is 3.29. The van der Waals surface area contributed by atoms with E-state index in [-0.39, 0.29) is 6.04 Å². The van der Waals surface area contributed by atoms with E-state index in [4.69, 9.17) is 11.6 Å². The van der Waals surface area contributed by atoms with Crippen LogP contribution in [-0.2, 0) is 13.0 Å². The lowest BCUT2D eigenvalue weighted by Gasteiger charge is -2.16. The van der Waals surface area contributed by atoms with Crippen LogP contribution in [0.5, 0.6) is 0 Å². The molecule has 19 heavy (non-hydrogen) atoms. The van der Waals surface area contributed by atoms with Gasteiger partial charge in [-0.05, 0) is 44.8 Å². The highest BCUT2D eigenvalue weighted by atomic mass is 35.5. The summed E-state index contributed by atoms with van der Waals surface area (Å²) in [5.74, 6) is 0. The molecular weight excluding hydrogens is 278 g/mol. The number of aryl methyl sites for hydroxylation is 3. The Hall–Kier alpha value is -0.840. The summed E-state index contributed by atoms with van der Waals surface area (Å²) in [6, 6.07) is 2.40. The molecule has 2 aromatic heterocycles. The van der Waals surface area contributed by atoms with Crippen molar-refractivity contribution in [2.24, 2.45) is 0 Å². The number of nitrogens with one attached hydrogen (secondary N) is 1. The molecule has 3 nitrogen and oxygen atoms in total. The van der Waals surface area contributed by atoms with Gasteiger partial charge in [-0.15, -0.1) is 11.3 Å². The molecule has 0 bridgehead atoms. The van der Waals surface area contributed by atoms with Crippen LogP contribution in [0.2, 0.25) is 5.02 Å². The molecule has 5 heteroatoms. The predicted molar refractivity (Wildman–Crippen MR) is 82.2 cm³/mol. The van der Waals surface area contributed by atoms with E-state index in [1.54, 1.807) is 11.3 Å². The molecule has 1 unspecified atom stereocenters. The van der Waals surface area contributed by atoms with Crippen LogP contribution < -0.4 is 5.32 Å². The number of hydrogen-bond acceptors (Lipinski definition) is 3. The lowest BCUT2D eigenvalue weighted by molar-refractivity contribution is 0.546. The maximum atomic E-state index is 6.38. The molecule has 0 spiro atoms. The van der Waals surface area contributed by atoms with Crippen LogP contribution in [0.25, 0.3) is 0 Å². The van der Waals surface area contributed by atoms with Crippen LogP contribution in [0.3, 0.4) is 0 Å². The smallest absolute Gasteiger partial charge is 0.0596 e. The topological polar surface area (TPSA) is 29.9 Å². The second-order valence-electron chi connectivity index (χ2n) is 4.74. The maximum absolute atomic E-state index is 6.38. The Balaban J connectivity index is 2.26. The summed E-state index contributed by atoms with van der Waals surface area (Å²) >= 11 is 8.10. The van der Waals surface area contributed by atoms with Gasteiger partial charge < -0.3 is 5.32 Å². The first-order valence-corrected chi connectivity index (χ1v) is 7.76. The molecule has 0 fully saturated rings. The number of rotatable bonds is 5. The largest absolute Gasteiger partial charge is 0.312 e. The first kappa shape index (κ1) is 14.6. The zero-order valence-corrected chi connectivity index (χ0v) is 13.4. The highest BCUT2D eigenvalue weighted by Crippen LogP contribution is 2.33. The molecule has 0 aliphatic heterocycles. The fourth-order valence-corrected chi connectivity index (χ4v) is 3.69. The molecule has 1 atom stereocenters. The van der Waals surface area contributed by atoms with Gasteiger partial charge in [0, 0.05) is 29.6 Å². The van der Waals surface area contributed by atoms with Crippen molar-refractivity contribution >= 4 is 22.9 Å². The Morgan fingerprint density at radius 1 is 1.47 bits per heavy atom. The Bertz CT molecular complexity index is 559. The molecule has 2 rings (SSSR count). The van der Waals surface area contributed by atoms with Crippen LogP contribution in [-0.4, -0.2) is 16.8 Å². The van der Waals surface area contributed by atoms with Gasteiger partial charge in [0.2, 0.25) is 0 Å². The summed E-state index contributed by atoms with van der Waals surface area (Å²) in [5, 5.41) is 10.9. The molecule has 0 saturated heterocycles. The SMILES string of the molecule is CCn1nc(C)cc1CC(NC)c1scc(C)c1Cl. The van der Waals surface area contributed by atoms with E-state index in [0.717, 1.165) is 29.2 Å². The van der Waals surface area contributed by atoms with Gasteiger partial charge in [-0.2, -0.15) is 5.10 Å². The van der Waals surface area contributed by atoms with E-state index in [0.29, 0.717) is 0 Å². The summed E-state index contributed by atoms with van der Waals surface area (Å²) in [5.41, 5.74) is 3.48. The fraction of sp³-hybridized carbons (Fsp3) is 0.500. The number of nitrogens with zero attached hydrogens (tertiary/aromatic N) is 2. The number of thiophene rings is 1. The Morgan fingerprint density at radius 3 is 2.74 bits per heavy atom. The molecule has 0 amide bonds. The van der Waals surface area contributed by atoms with Gasteiger partial charge >= 0.3 is 0 Å². The Labute approximate surface area is 123 Å². The monoisotopic (exact) mass is 297 g/mol. The van der Waals surface area contributed by atoms with Gasteiger partial charge in [0.25, 0.3) is 0 Å². The van der Waals surface area contributed by atoms with Crippen LogP contribution in [0, 0.1) is 13.8 Å². The molecule has 0 aromatic carbocycles. The number of aromatic nitrogens is 2. The Morgan fingerprint density at radius 2 is 2.21 bits per heavy atom. The summed E-state index contributed by atoms with van der Waals surface area (Å²) in [6.45, 7) is 7.10. The van der Waals surface area contributed by atoms with Crippen molar-refractivity contribution < 1.29 is 0 Å². The van der Waals surface area contributed by atoms with E-state index in [2.05, 4.69) is 40.4 Å². The van der Waals surface area contributed by atoms with E-state index < -0.39 is 0 Å². The van der Waals surface area contributed by atoms with Crippen LogP contribution in [0.15, 0.2) is 11.4 Å². The summed E-state index contributed by atoms with van der Waals surface area (Å²) in [4.78, 5) is 1.21. The van der Waals surface area contributed by atoms with Gasteiger partial charge in [-0.3, -0.25) is 4.68 Å². The highest BCUT2D eigenvalue weighted by molar-refractivity contribution is 7.10. The summed E-state index contributed by atoms with van der Waals surface area (Å²) in [6.07, 6.45) is 0.908. The average Bonchev–Trinajstić information content (AvgIpc) is 2.91. The standard InChI is InChI=1S/C14H20ClN3S/c1-5-18-11(6-10(3)17-18)7-12(16-4)14-13(15)9(2)8-19-14/h6,8,12,16H,5,7H2,1-4H3. The Kier molecular flexibility index (Phi) is 4.66. The van der Waals surface area contributed by atoms with Crippen LogP contribution in [0.1, 0.15) is 34.8 Å².